The predicted octanol–water partition coefficient (Wildman–Crippen LogP) is -0.998. The third-order valence-corrected chi connectivity index (χ3v) is 4.96. The van der Waals surface area contributed by atoms with E-state index in [9.17, 15) is 24.3 Å². The van der Waals surface area contributed by atoms with Crippen LogP contribution >= 0.6 is 0 Å². The van der Waals surface area contributed by atoms with Gasteiger partial charge in [-0.1, -0.05) is 13.8 Å². The average molecular weight is 422 g/mol. The highest BCUT2D eigenvalue weighted by Gasteiger charge is 2.38. The molecule has 0 spiro atoms. The molecule has 2 rings (SSSR count). The molecule has 1 saturated heterocycles. The van der Waals surface area contributed by atoms with Gasteiger partial charge in [0.25, 0.3) is 0 Å². The molecule has 3 amide bonds. The average Bonchev–Trinajstić information content (AvgIpc) is 3.37. The van der Waals surface area contributed by atoms with Crippen LogP contribution in [-0.4, -0.2) is 74.9 Å². The van der Waals surface area contributed by atoms with E-state index in [0.717, 1.165) is 0 Å². The minimum Gasteiger partial charge on any atom is -0.480 e. The number of carboxylic acids is 1. The third-order valence-electron chi connectivity index (χ3n) is 4.96. The van der Waals surface area contributed by atoms with Crippen molar-refractivity contribution in [1.29, 1.82) is 0 Å². The maximum absolute atomic E-state index is 13.2. The lowest BCUT2D eigenvalue weighted by atomic mass is 10.0. The number of nitrogens with zero attached hydrogens (tertiary/aromatic N) is 2. The van der Waals surface area contributed by atoms with Crippen LogP contribution < -0.4 is 16.4 Å². The molecule has 30 heavy (non-hydrogen) atoms. The molecule has 11 heteroatoms. The number of aromatic amines is 1. The molecule has 0 bridgehead atoms. The van der Waals surface area contributed by atoms with Gasteiger partial charge in [-0.2, -0.15) is 0 Å². The van der Waals surface area contributed by atoms with Crippen molar-refractivity contribution >= 4 is 23.7 Å². The summed E-state index contributed by atoms with van der Waals surface area (Å²) in [5.41, 5.74) is 5.96. The Labute approximate surface area is 174 Å². The van der Waals surface area contributed by atoms with E-state index in [1.165, 1.54) is 17.4 Å². The van der Waals surface area contributed by atoms with E-state index in [0.29, 0.717) is 31.5 Å². The number of H-pyrrole nitrogens is 1. The number of imidazole rings is 1. The van der Waals surface area contributed by atoms with Crippen LogP contribution in [0.15, 0.2) is 12.5 Å². The summed E-state index contributed by atoms with van der Waals surface area (Å²) in [5, 5.41) is 14.7. The third kappa shape index (κ3) is 6.28. The lowest BCUT2D eigenvalue weighted by Gasteiger charge is -2.29. The second kappa shape index (κ2) is 10.7. The highest BCUT2D eigenvalue weighted by Crippen LogP contribution is 2.19. The summed E-state index contributed by atoms with van der Waals surface area (Å²) in [5.74, 6) is -2.43. The molecule has 3 unspecified atom stereocenters. The van der Waals surface area contributed by atoms with Gasteiger partial charge in [-0.15, -0.1) is 0 Å². The first-order valence-corrected chi connectivity index (χ1v) is 10.0. The van der Waals surface area contributed by atoms with E-state index in [1.807, 2.05) is 13.8 Å². The van der Waals surface area contributed by atoms with E-state index in [4.69, 9.17) is 5.73 Å². The van der Waals surface area contributed by atoms with E-state index < -0.39 is 41.8 Å². The van der Waals surface area contributed by atoms with Crippen LogP contribution in [0.4, 0.5) is 0 Å². The van der Waals surface area contributed by atoms with Crippen molar-refractivity contribution in [3.63, 3.8) is 0 Å². The summed E-state index contributed by atoms with van der Waals surface area (Å²) >= 11 is 0. The number of hydrogen-bond acceptors (Lipinski definition) is 6. The monoisotopic (exact) mass is 422 g/mol. The van der Waals surface area contributed by atoms with Crippen LogP contribution in [0.5, 0.6) is 0 Å². The molecule has 6 N–H and O–H groups in total. The number of aliphatic carboxylic acids is 1. The topological polar surface area (TPSA) is 171 Å². The smallest absolute Gasteiger partial charge is 0.326 e. The first-order valence-electron chi connectivity index (χ1n) is 10.0. The van der Waals surface area contributed by atoms with Gasteiger partial charge in [0.1, 0.15) is 18.1 Å². The normalized spacial score (nSPS) is 18.1. The van der Waals surface area contributed by atoms with Crippen molar-refractivity contribution in [3.8, 4) is 0 Å². The number of amides is 3. The summed E-state index contributed by atoms with van der Waals surface area (Å²) in [6, 6.07) is -2.77. The highest BCUT2D eigenvalue weighted by atomic mass is 16.4. The molecule has 1 aliphatic rings. The zero-order valence-corrected chi connectivity index (χ0v) is 17.3. The largest absolute Gasteiger partial charge is 0.480 e. The minimum absolute atomic E-state index is 0.107. The molecule has 3 atom stereocenters. The quantitative estimate of drug-likeness (QED) is 0.322. The molecule has 1 aromatic heterocycles. The Morgan fingerprint density at radius 2 is 2.03 bits per heavy atom. The van der Waals surface area contributed by atoms with Gasteiger partial charge in [0.05, 0.1) is 12.9 Å². The number of likely N-dealkylation sites (tertiary alicyclic amines) is 1. The SMILES string of the molecule is CC(C)CC(NC(=O)CN)C(=O)NC(Cc1cnc[nH]1)C(=O)N1CCCC1C(=O)O. The van der Waals surface area contributed by atoms with Crippen molar-refractivity contribution < 1.29 is 24.3 Å². The fourth-order valence-corrected chi connectivity index (χ4v) is 3.53. The second-order valence-electron chi connectivity index (χ2n) is 7.82. The first-order chi connectivity index (χ1) is 14.2. The van der Waals surface area contributed by atoms with Crippen LogP contribution in [0, 0.1) is 5.92 Å². The number of carbonyl (C=O) groups excluding carboxylic acids is 3. The van der Waals surface area contributed by atoms with E-state index in [2.05, 4.69) is 20.6 Å². The molecule has 0 radical (unpaired) electrons. The summed E-state index contributed by atoms with van der Waals surface area (Å²) in [7, 11) is 0. The Bertz CT molecular complexity index is 751. The lowest BCUT2D eigenvalue weighted by molar-refractivity contribution is -0.149. The van der Waals surface area contributed by atoms with Gasteiger partial charge in [0.15, 0.2) is 0 Å². The molecule has 1 fully saturated rings. The molecular formula is C19H30N6O5. The van der Waals surface area contributed by atoms with Crippen molar-refractivity contribution in [1.82, 2.24) is 25.5 Å². The first kappa shape index (κ1) is 23.3. The van der Waals surface area contributed by atoms with E-state index in [-0.39, 0.29) is 18.9 Å². The number of carbonyl (C=O) groups is 4. The zero-order chi connectivity index (χ0) is 22.3. The molecular weight excluding hydrogens is 392 g/mol. The van der Waals surface area contributed by atoms with Gasteiger partial charge in [-0.25, -0.2) is 9.78 Å². The molecule has 0 saturated carbocycles. The van der Waals surface area contributed by atoms with Crippen LogP contribution in [-0.2, 0) is 25.6 Å². The number of aromatic nitrogens is 2. The Hall–Kier alpha value is -2.95. The summed E-state index contributed by atoms with van der Waals surface area (Å²) in [4.78, 5) is 57.4. The van der Waals surface area contributed by atoms with Crippen molar-refractivity contribution in [2.75, 3.05) is 13.1 Å². The van der Waals surface area contributed by atoms with Crippen molar-refractivity contribution in [2.45, 2.75) is 57.7 Å². The van der Waals surface area contributed by atoms with E-state index >= 15 is 0 Å². The molecule has 0 aliphatic carbocycles. The number of nitrogens with two attached hydrogens (primary N) is 1. The number of rotatable bonds is 10. The molecule has 1 aromatic rings. The standard InChI is InChI=1S/C19H30N6O5/c1-11(2)6-13(23-16(26)8-20)17(27)24-14(7-12-9-21-10-22-12)18(28)25-5-3-4-15(25)19(29)30/h9-11,13-15H,3-8,20H2,1-2H3,(H,21,22)(H,23,26)(H,24,27)(H,29,30). The molecule has 0 aromatic carbocycles. The maximum Gasteiger partial charge on any atom is 0.326 e. The molecule has 2 heterocycles. The number of nitrogens with one attached hydrogen (secondary N) is 3. The van der Waals surface area contributed by atoms with Crippen LogP contribution in [0.25, 0.3) is 0 Å². The highest BCUT2D eigenvalue weighted by molar-refractivity contribution is 5.94. The van der Waals surface area contributed by atoms with Crippen LogP contribution in [0.1, 0.15) is 38.8 Å². The van der Waals surface area contributed by atoms with Crippen LogP contribution in [0.3, 0.4) is 0 Å². The van der Waals surface area contributed by atoms with E-state index in [1.54, 1.807) is 0 Å². The molecule has 1 aliphatic heterocycles. The van der Waals surface area contributed by atoms with Gasteiger partial charge in [0, 0.05) is 24.9 Å². The van der Waals surface area contributed by atoms with Gasteiger partial charge in [-0.3, -0.25) is 14.4 Å². The summed E-state index contributed by atoms with van der Waals surface area (Å²) in [6.07, 6.45) is 4.42. The summed E-state index contributed by atoms with van der Waals surface area (Å²) in [6.45, 7) is 3.87. The fraction of sp³-hybridized carbons (Fsp3) is 0.632. The molecule has 11 nitrogen and oxygen atoms in total. The Morgan fingerprint density at radius 3 is 2.60 bits per heavy atom. The van der Waals surface area contributed by atoms with Gasteiger partial charge >= 0.3 is 5.97 Å². The second-order valence-corrected chi connectivity index (χ2v) is 7.82. The van der Waals surface area contributed by atoms with Crippen molar-refractivity contribution in [2.24, 2.45) is 11.7 Å². The zero-order valence-electron chi connectivity index (χ0n) is 17.3. The Kier molecular flexibility index (Phi) is 8.34. The number of hydrogen-bond donors (Lipinski definition) is 5. The molecule has 166 valence electrons. The maximum atomic E-state index is 13.2. The van der Waals surface area contributed by atoms with Gasteiger partial charge in [0.2, 0.25) is 17.7 Å². The lowest BCUT2D eigenvalue weighted by Crippen LogP contribution is -2.57. The Morgan fingerprint density at radius 1 is 1.30 bits per heavy atom. The van der Waals surface area contributed by atoms with Gasteiger partial charge < -0.3 is 31.4 Å². The number of carboxylic acid groups (broad SMARTS) is 1. The Balaban J connectivity index is 2.20. The fourth-order valence-electron chi connectivity index (χ4n) is 3.53. The summed E-state index contributed by atoms with van der Waals surface area (Å²) < 4.78 is 0. The van der Waals surface area contributed by atoms with Gasteiger partial charge in [-0.05, 0) is 25.2 Å². The van der Waals surface area contributed by atoms with Crippen LogP contribution in [0.2, 0.25) is 0 Å². The minimum atomic E-state index is -1.07. The van der Waals surface area contributed by atoms with Crippen molar-refractivity contribution in [3.05, 3.63) is 18.2 Å². The predicted molar refractivity (Wildman–Crippen MR) is 107 cm³/mol.